The maximum atomic E-state index is 12.5. The molecule has 1 aliphatic rings. The topological polar surface area (TPSA) is 38.8 Å². The Morgan fingerprint density at radius 1 is 1.26 bits per heavy atom. The van der Waals surface area contributed by atoms with E-state index in [1.54, 1.807) is 23.1 Å². The second kappa shape index (κ2) is 6.69. The van der Waals surface area contributed by atoms with E-state index in [2.05, 4.69) is 0 Å². The number of ether oxygens (including phenoxy) is 2. The number of halogens is 2. The lowest BCUT2D eigenvalue weighted by Gasteiger charge is -2.29. The van der Waals surface area contributed by atoms with E-state index in [0.717, 1.165) is 11.3 Å². The molecule has 0 radical (unpaired) electrons. The number of aryl methyl sites for hydroxylation is 1. The molecule has 0 aliphatic carbocycles. The van der Waals surface area contributed by atoms with Gasteiger partial charge < -0.3 is 14.4 Å². The fourth-order valence-corrected chi connectivity index (χ4v) is 2.86. The molecule has 0 saturated heterocycles. The molecular formula is C17H15Cl2NO3. The summed E-state index contributed by atoms with van der Waals surface area (Å²) in [4.78, 5) is 14.2. The summed E-state index contributed by atoms with van der Waals surface area (Å²) < 4.78 is 11.1. The van der Waals surface area contributed by atoms with Gasteiger partial charge in [0.25, 0.3) is 5.91 Å². The van der Waals surface area contributed by atoms with Crippen molar-refractivity contribution in [1.29, 1.82) is 0 Å². The fraction of sp³-hybridized carbons (Fsp3) is 0.235. The number of hydrogen-bond donors (Lipinski definition) is 0. The summed E-state index contributed by atoms with van der Waals surface area (Å²) in [5.41, 5.74) is 1.83. The van der Waals surface area contributed by atoms with Gasteiger partial charge >= 0.3 is 0 Å². The summed E-state index contributed by atoms with van der Waals surface area (Å²) in [6.07, 6.45) is 0. The largest absolute Gasteiger partial charge is 0.490 e. The van der Waals surface area contributed by atoms with Crippen molar-refractivity contribution in [1.82, 2.24) is 0 Å². The van der Waals surface area contributed by atoms with Crippen molar-refractivity contribution in [3.63, 3.8) is 0 Å². The van der Waals surface area contributed by atoms with E-state index in [4.69, 9.17) is 32.7 Å². The zero-order valence-corrected chi connectivity index (χ0v) is 14.0. The monoisotopic (exact) mass is 351 g/mol. The molecule has 4 nitrogen and oxygen atoms in total. The van der Waals surface area contributed by atoms with Crippen molar-refractivity contribution in [2.75, 3.05) is 24.7 Å². The molecule has 0 bridgehead atoms. The molecular weight excluding hydrogens is 337 g/mol. The molecule has 2 aromatic carbocycles. The maximum absolute atomic E-state index is 12.5. The predicted octanol–water partition coefficient (Wildman–Crippen LogP) is 4.11. The molecule has 1 heterocycles. The predicted molar refractivity (Wildman–Crippen MR) is 91.0 cm³/mol. The van der Waals surface area contributed by atoms with Crippen LogP contribution in [0.2, 0.25) is 10.0 Å². The van der Waals surface area contributed by atoms with Gasteiger partial charge in [0.1, 0.15) is 18.1 Å². The first-order valence-electron chi connectivity index (χ1n) is 7.16. The highest BCUT2D eigenvalue weighted by molar-refractivity contribution is 6.35. The van der Waals surface area contributed by atoms with E-state index in [1.807, 2.05) is 25.1 Å². The number of hydrogen-bond acceptors (Lipinski definition) is 3. The molecule has 0 aromatic heterocycles. The fourth-order valence-electron chi connectivity index (χ4n) is 2.40. The summed E-state index contributed by atoms with van der Waals surface area (Å²) >= 11 is 11.9. The van der Waals surface area contributed by atoms with Gasteiger partial charge in [-0.1, -0.05) is 29.3 Å². The molecule has 6 heteroatoms. The third-order valence-corrected chi connectivity index (χ3v) is 4.05. The minimum absolute atomic E-state index is 0.102. The Kier molecular flexibility index (Phi) is 4.64. The quantitative estimate of drug-likeness (QED) is 0.835. The minimum atomic E-state index is -0.147. The highest BCUT2D eigenvalue weighted by Crippen LogP contribution is 2.33. The van der Waals surface area contributed by atoms with Crippen LogP contribution in [0, 0.1) is 6.92 Å². The SMILES string of the molecule is Cc1ccc2c(c1)N(C(=O)COc1ccc(Cl)cc1Cl)CCO2. The van der Waals surface area contributed by atoms with Crippen molar-refractivity contribution < 1.29 is 14.3 Å². The number of benzene rings is 2. The van der Waals surface area contributed by atoms with Gasteiger partial charge in [0.15, 0.2) is 6.61 Å². The van der Waals surface area contributed by atoms with Gasteiger partial charge in [-0.3, -0.25) is 4.79 Å². The molecule has 0 unspecified atom stereocenters. The van der Waals surface area contributed by atoms with Crippen LogP contribution in [0.15, 0.2) is 36.4 Å². The molecule has 2 aromatic rings. The Morgan fingerprint density at radius 3 is 2.87 bits per heavy atom. The van der Waals surface area contributed by atoms with E-state index in [-0.39, 0.29) is 12.5 Å². The van der Waals surface area contributed by atoms with Gasteiger partial charge in [0, 0.05) is 5.02 Å². The summed E-state index contributed by atoms with van der Waals surface area (Å²) in [6, 6.07) is 10.7. The lowest BCUT2D eigenvalue weighted by molar-refractivity contribution is -0.120. The minimum Gasteiger partial charge on any atom is -0.490 e. The second-order valence-corrected chi connectivity index (χ2v) is 6.07. The Hall–Kier alpha value is -1.91. The zero-order chi connectivity index (χ0) is 16.4. The average molecular weight is 352 g/mol. The number of anilines is 1. The van der Waals surface area contributed by atoms with Crippen molar-refractivity contribution in [2.24, 2.45) is 0 Å². The molecule has 1 amide bonds. The first-order chi connectivity index (χ1) is 11.0. The molecule has 120 valence electrons. The highest BCUT2D eigenvalue weighted by atomic mass is 35.5. The average Bonchev–Trinajstić information content (AvgIpc) is 2.53. The molecule has 3 rings (SSSR count). The van der Waals surface area contributed by atoms with Crippen molar-refractivity contribution in [3.8, 4) is 11.5 Å². The number of fused-ring (bicyclic) bond motifs is 1. The molecule has 23 heavy (non-hydrogen) atoms. The molecule has 1 aliphatic heterocycles. The summed E-state index contributed by atoms with van der Waals surface area (Å²) in [7, 11) is 0. The van der Waals surface area contributed by atoms with Crippen LogP contribution in [0.5, 0.6) is 11.5 Å². The van der Waals surface area contributed by atoms with E-state index in [0.29, 0.717) is 34.7 Å². The highest BCUT2D eigenvalue weighted by Gasteiger charge is 2.24. The third kappa shape index (κ3) is 3.54. The van der Waals surface area contributed by atoms with Crippen LogP contribution >= 0.6 is 23.2 Å². The molecule has 0 saturated carbocycles. The normalized spacial score (nSPS) is 13.3. The van der Waals surface area contributed by atoms with Crippen molar-refractivity contribution in [2.45, 2.75) is 6.92 Å². The van der Waals surface area contributed by atoms with E-state index in [1.165, 1.54) is 0 Å². The number of nitrogens with zero attached hydrogens (tertiary/aromatic N) is 1. The molecule has 0 spiro atoms. The van der Waals surface area contributed by atoms with Crippen LogP contribution in [0.1, 0.15) is 5.56 Å². The van der Waals surface area contributed by atoms with Crippen LogP contribution < -0.4 is 14.4 Å². The van der Waals surface area contributed by atoms with Gasteiger partial charge in [-0.2, -0.15) is 0 Å². The summed E-state index contributed by atoms with van der Waals surface area (Å²) in [5.74, 6) is 0.994. The summed E-state index contributed by atoms with van der Waals surface area (Å²) in [6.45, 7) is 2.83. The van der Waals surface area contributed by atoms with E-state index < -0.39 is 0 Å². The summed E-state index contributed by atoms with van der Waals surface area (Å²) in [5, 5.41) is 0.898. The van der Waals surface area contributed by atoms with Crippen LogP contribution in [-0.2, 0) is 4.79 Å². The van der Waals surface area contributed by atoms with Gasteiger partial charge in [-0.15, -0.1) is 0 Å². The smallest absolute Gasteiger partial charge is 0.265 e. The second-order valence-electron chi connectivity index (χ2n) is 5.23. The number of amides is 1. The Morgan fingerprint density at radius 2 is 2.09 bits per heavy atom. The van der Waals surface area contributed by atoms with E-state index >= 15 is 0 Å². The Balaban J connectivity index is 1.73. The van der Waals surface area contributed by atoms with Crippen LogP contribution in [0.4, 0.5) is 5.69 Å². The van der Waals surface area contributed by atoms with Crippen molar-refractivity contribution in [3.05, 3.63) is 52.0 Å². The molecule has 0 fully saturated rings. The number of carbonyl (C=O) groups is 1. The molecule has 0 atom stereocenters. The number of rotatable bonds is 3. The maximum Gasteiger partial charge on any atom is 0.265 e. The van der Waals surface area contributed by atoms with Gasteiger partial charge in [0.05, 0.1) is 17.3 Å². The first-order valence-corrected chi connectivity index (χ1v) is 7.92. The zero-order valence-electron chi connectivity index (χ0n) is 12.5. The van der Waals surface area contributed by atoms with Crippen LogP contribution in [0.25, 0.3) is 0 Å². The van der Waals surface area contributed by atoms with E-state index in [9.17, 15) is 4.79 Å². The van der Waals surface area contributed by atoms with Gasteiger partial charge in [0.2, 0.25) is 0 Å². The Bertz CT molecular complexity index is 749. The molecule has 0 N–H and O–H groups in total. The lowest BCUT2D eigenvalue weighted by atomic mass is 10.1. The first kappa shape index (κ1) is 16.0. The lowest BCUT2D eigenvalue weighted by Crippen LogP contribution is -2.40. The Labute approximate surface area is 144 Å². The van der Waals surface area contributed by atoms with Crippen molar-refractivity contribution >= 4 is 34.8 Å². The number of carbonyl (C=O) groups excluding carboxylic acids is 1. The van der Waals surface area contributed by atoms with Gasteiger partial charge in [-0.25, -0.2) is 0 Å². The third-order valence-electron chi connectivity index (χ3n) is 3.52. The standard InChI is InChI=1S/C17H15Cl2NO3/c1-11-2-4-16-14(8-11)20(6-7-22-16)17(21)10-23-15-5-3-12(18)9-13(15)19/h2-5,8-9H,6-7,10H2,1H3. The van der Waals surface area contributed by atoms with Crippen LogP contribution in [-0.4, -0.2) is 25.7 Å². The van der Waals surface area contributed by atoms with Crippen LogP contribution in [0.3, 0.4) is 0 Å². The van der Waals surface area contributed by atoms with Gasteiger partial charge in [-0.05, 0) is 42.8 Å².